The van der Waals surface area contributed by atoms with Crippen molar-refractivity contribution in [3.63, 3.8) is 0 Å². The van der Waals surface area contributed by atoms with Crippen LogP contribution >= 0.6 is 23.8 Å². The van der Waals surface area contributed by atoms with Crippen LogP contribution in [-0.4, -0.2) is 46.6 Å². The molecule has 144 valence electrons. The average Bonchev–Trinajstić information content (AvgIpc) is 2.69. The topological polar surface area (TPSA) is 18.5 Å². The van der Waals surface area contributed by atoms with E-state index in [-0.39, 0.29) is 0 Å². The second-order valence-electron chi connectivity index (χ2n) is 8.64. The van der Waals surface area contributed by atoms with Crippen LogP contribution in [0.3, 0.4) is 0 Å². The molecule has 1 aliphatic carbocycles. The van der Waals surface area contributed by atoms with E-state index in [0.717, 1.165) is 40.2 Å². The number of hydrogen-bond donors (Lipinski definition) is 1. The molecule has 27 heavy (non-hydrogen) atoms. The Hall–Kier alpha value is -1.10. The fourth-order valence-corrected chi connectivity index (χ4v) is 6.38. The van der Waals surface area contributed by atoms with Crippen LogP contribution < -0.4 is 5.32 Å². The van der Waals surface area contributed by atoms with Gasteiger partial charge in [0.25, 0.3) is 0 Å². The first-order valence-electron chi connectivity index (χ1n) is 10.5. The molecule has 4 aliphatic rings. The molecule has 0 saturated carbocycles. The lowest BCUT2D eigenvalue weighted by Crippen LogP contribution is -2.60. The van der Waals surface area contributed by atoms with E-state index in [1.54, 1.807) is 5.57 Å². The number of rotatable bonds is 1. The number of anilines is 1. The van der Waals surface area contributed by atoms with Crippen LogP contribution in [0.2, 0.25) is 5.02 Å². The molecule has 1 aromatic rings. The number of nitrogens with zero attached hydrogens (tertiary/aromatic N) is 2. The minimum Gasteiger partial charge on any atom is -0.342 e. The Balaban J connectivity index is 1.38. The molecule has 1 aromatic carbocycles. The predicted molar refractivity (Wildman–Crippen MR) is 116 cm³/mol. The van der Waals surface area contributed by atoms with Crippen molar-refractivity contribution in [1.82, 2.24) is 9.80 Å². The third-order valence-corrected chi connectivity index (χ3v) is 7.60. The van der Waals surface area contributed by atoms with E-state index in [4.69, 9.17) is 23.8 Å². The molecule has 2 unspecified atom stereocenters. The fourth-order valence-electron chi connectivity index (χ4n) is 5.93. The van der Waals surface area contributed by atoms with E-state index >= 15 is 0 Å². The average molecular weight is 402 g/mol. The summed E-state index contributed by atoms with van der Waals surface area (Å²) < 4.78 is 0. The molecule has 3 aliphatic heterocycles. The molecule has 5 heteroatoms. The van der Waals surface area contributed by atoms with Gasteiger partial charge in [-0.3, -0.25) is 4.90 Å². The van der Waals surface area contributed by atoms with Gasteiger partial charge in [0.05, 0.1) is 6.04 Å². The Morgan fingerprint density at radius 2 is 1.96 bits per heavy atom. The van der Waals surface area contributed by atoms with Crippen molar-refractivity contribution in [2.75, 3.05) is 25.0 Å². The summed E-state index contributed by atoms with van der Waals surface area (Å²) in [5.74, 6) is 1.49. The molecule has 4 atom stereocenters. The summed E-state index contributed by atoms with van der Waals surface area (Å²) in [6.07, 6.45) is 10.6. The normalized spacial score (nSPS) is 32.9. The number of halogens is 1. The zero-order valence-corrected chi connectivity index (χ0v) is 17.3. The highest BCUT2D eigenvalue weighted by Gasteiger charge is 2.46. The quantitative estimate of drug-likeness (QED) is 0.530. The van der Waals surface area contributed by atoms with E-state index in [1.807, 2.05) is 24.3 Å². The molecular formula is C22H28ClN3S. The standard InChI is InChI=1S/C22H28ClN3S/c23-18-6-8-19(9-7-18)24-22(27)26-11-3-4-15-12-16-13-17(21(15)26)14-25-10-2-1-5-20(16)25/h6-9,12,16-17,20-21H,1-5,10-11,13-14H2,(H,24,27)/t16?,17?,20-,21-/m1/s1. The minimum absolute atomic E-state index is 0.491. The van der Waals surface area contributed by atoms with Crippen LogP contribution in [0.25, 0.3) is 0 Å². The number of piperidine rings is 3. The maximum Gasteiger partial charge on any atom is 0.173 e. The second-order valence-corrected chi connectivity index (χ2v) is 9.46. The highest BCUT2D eigenvalue weighted by molar-refractivity contribution is 7.80. The van der Waals surface area contributed by atoms with Gasteiger partial charge in [-0.1, -0.05) is 29.7 Å². The Morgan fingerprint density at radius 1 is 1.11 bits per heavy atom. The first-order chi connectivity index (χ1) is 13.2. The van der Waals surface area contributed by atoms with Crippen molar-refractivity contribution in [2.24, 2.45) is 11.8 Å². The van der Waals surface area contributed by atoms with E-state index in [2.05, 4.69) is 21.2 Å². The van der Waals surface area contributed by atoms with E-state index in [0.29, 0.717) is 6.04 Å². The summed E-state index contributed by atoms with van der Waals surface area (Å²) in [4.78, 5) is 5.27. The molecule has 3 saturated heterocycles. The Labute approximate surface area is 172 Å². The molecule has 2 bridgehead atoms. The van der Waals surface area contributed by atoms with Crippen molar-refractivity contribution in [3.05, 3.63) is 40.9 Å². The van der Waals surface area contributed by atoms with Gasteiger partial charge in [0, 0.05) is 29.8 Å². The Bertz CT molecular complexity index is 746. The van der Waals surface area contributed by atoms with Gasteiger partial charge >= 0.3 is 0 Å². The van der Waals surface area contributed by atoms with Gasteiger partial charge in [-0.2, -0.15) is 0 Å². The zero-order chi connectivity index (χ0) is 18.4. The molecule has 5 rings (SSSR count). The molecule has 0 aromatic heterocycles. The van der Waals surface area contributed by atoms with Gasteiger partial charge < -0.3 is 10.2 Å². The maximum atomic E-state index is 6.02. The van der Waals surface area contributed by atoms with Gasteiger partial charge in [0.2, 0.25) is 0 Å². The monoisotopic (exact) mass is 401 g/mol. The van der Waals surface area contributed by atoms with E-state index in [1.165, 1.54) is 51.6 Å². The van der Waals surface area contributed by atoms with Gasteiger partial charge in [-0.05, 0) is 87.0 Å². The van der Waals surface area contributed by atoms with Crippen molar-refractivity contribution in [3.8, 4) is 0 Å². The summed E-state index contributed by atoms with van der Waals surface area (Å²) in [7, 11) is 0. The molecule has 1 N–H and O–H groups in total. The molecular weight excluding hydrogens is 374 g/mol. The molecule has 0 spiro atoms. The zero-order valence-electron chi connectivity index (χ0n) is 15.7. The summed E-state index contributed by atoms with van der Waals surface area (Å²) >= 11 is 11.9. The lowest BCUT2D eigenvalue weighted by Gasteiger charge is -2.55. The van der Waals surface area contributed by atoms with E-state index in [9.17, 15) is 0 Å². The van der Waals surface area contributed by atoms with Crippen molar-refractivity contribution in [2.45, 2.75) is 50.6 Å². The first kappa shape index (κ1) is 18.0. The Morgan fingerprint density at radius 3 is 2.81 bits per heavy atom. The van der Waals surface area contributed by atoms with Gasteiger partial charge in [-0.15, -0.1) is 0 Å². The third-order valence-electron chi connectivity index (χ3n) is 7.01. The molecule has 3 heterocycles. The first-order valence-corrected chi connectivity index (χ1v) is 11.3. The van der Waals surface area contributed by atoms with Gasteiger partial charge in [0.15, 0.2) is 5.11 Å². The molecule has 0 amide bonds. The minimum atomic E-state index is 0.491. The van der Waals surface area contributed by atoms with Crippen molar-refractivity contribution in [1.29, 1.82) is 0 Å². The van der Waals surface area contributed by atoms with Crippen LogP contribution in [0.5, 0.6) is 0 Å². The number of benzene rings is 1. The van der Waals surface area contributed by atoms with Crippen LogP contribution in [0.4, 0.5) is 5.69 Å². The lowest BCUT2D eigenvalue weighted by atomic mass is 9.68. The molecule has 3 nitrogen and oxygen atoms in total. The smallest absolute Gasteiger partial charge is 0.173 e. The SMILES string of the molecule is S=C(Nc1ccc(Cl)cc1)N1CCCC2=CC3CC(CN4CCCC[C@H]34)[C@@H]21. The van der Waals surface area contributed by atoms with Crippen molar-refractivity contribution >= 4 is 34.6 Å². The molecule has 3 fully saturated rings. The van der Waals surface area contributed by atoms with Gasteiger partial charge in [0.1, 0.15) is 0 Å². The summed E-state index contributed by atoms with van der Waals surface area (Å²) in [5, 5.41) is 5.08. The predicted octanol–water partition coefficient (Wildman–Crippen LogP) is 4.93. The number of hydrogen-bond acceptors (Lipinski definition) is 2. The summed E-state index contributed by atoms with van der Waals surface area (Å²) in [6, 6.07) is 9.13. The van der Waals surface area contributed by atoms with Crippen molar-refractivity contribution < 1.29 is 0 Å². The summed E-state index contributed by atoms with van der Waals surface area (Å²) in [6.45, 7) is 3.61. The second kappa shape index (κ2) is 7.38. The fraction of sp³-hybridized carbons (Fsp3) is 0.591. The highest BCUT2D eigenvalue weighted by atomic mass is 35.5. The van der Waals surface area contributed by atoms with Crippen LogP contribution in [0.15, 0.2) is 35.9 Å². The van der Waals surface area contributed by atoms with Crippen LogP contribution in [-0.2, 0) is 0 Å². The van der Waals surface area contributed by atoms with Gasteiger partial charge in [-0.25, -0.2) is 0 Å². The van der Waals surface area contributed by atoms with E-state index < -0.39 is 0 Å². The molecule has 0 radical (unpaired) electrons. The number of fused-ring (bicyclic) bond motifs is 6. The highest BCUT2D eigenvalue weighted by Crippen LogP contribution is 2.45. The summed E-state index contributed by atoms with van der Waals surface area (Å²) in [5.41, 5.74) is 2.68. The number of nitrogens with one attached hydrogen (secondary N) is 1. The maximum absolute atomic E-state index is 6.02. The lowest BCUT2D eigenvalue weighted by molar-refractivity contribution is 0.0132. The number of thiocarbonyl (C=S) groups is 1. The largest absolute Gasteiger partial charge is 0.342 e. The van der Waals surface area contributed by atoms with Crippen LogP contribution in [0.1, 0.15) is 38.5 Å². The third kappa shape index (κ3) is 3.41. The number of likely N-dealkylation sites (tertiary alicyclic amines) is 1. The Kier molecular flexibility index (Phi) is 4.91. The van der Waals surface area contributed by atoms with Crippen LogP contribution in [0, 0.1) is 11.8 Å².